The first-order chi connectivity index (χ1) is 8.29. The third kappa shape index (κ3) is 3.25. The zero-order chi connectivity index (χ0) is 12.1. The molecular formula is C12H14N4S. The summed E-state index contributed by atoms with van der Waals surface area (Å²) in [6.45, 7) is 2.05. The van der Waals surface area contributed by atoms with Crippen LogP contribution in [-0.2, 0) is 0 Å². The van der Waals surface area contributed by atoms with Crippen LogP contribution >= 0.6 is 11.8 Å². The molecule has 0 fully saturated rings. The molecule has 2 aromatic rings. The maximum Gasteiger partial charge on any atom is 0.192 e. The number of aromatic nitrogens is 3. The lowest BCUT2D eigenvalue weighted by Crippen LogP contribution is -2.10. The molecule has 0 radical (unpaired) electrons. The van der Waals surface area contributed by atoms with Crippen molar-refractivity contribution in [3.8, 4) is 0 Å². The van der Waals surface area contributed by atoms with Gasteiger partial charge in [0, 0.05) is 29.5 Å². The van der Waals surface area contributed by atoms with Crippen LogP contribution in [-0.4, -0.2) is 15.0 Å². The van der Waals surface area contributed by atoms with E-state index >= 15 is 0 Å². The van der Waals surface area contributed by atoms with Gasteiger partial charge in [-0.15, -0.1) is 0 Å². The van der Waals surface area contributed by atoms with Crippen LogP contribution in [0.3, 0.4) is 0 Å². The molecule has 0 saturated carbocycles. The fraction of sp³-hybridized carbons (Fsp3) is 0.250. The molecule has 0 aliphatic heterocycles. The summed E-state index contributed by atoms with van der Waals surface area (Å²) in [5.41, 5.74) is 6.82. The molecule has 0 aliphatic carbocycles. The summed E-state index contributed by atoms with van der Waals surface area (Å²) in [6.07, 6.45) is 6.15. The fourth-order valence-electron chi connectivity index (χ4n) is 1.32. The molecule has 88 valence electrons. The van der Waals surface area contributed by atoms with Gasteiger partial charge in [0.2, 0.25) is 0 Å². The maximum atomic E-state index is 5.90. The third-order valence-electron chi connectivity index (χ3n) is 2.33. The summed E-state index contributed by atoms with van der Waals surface area (Å²) >= 11 is 1.49. The molecule has 17 heavy (non-hydrogen) atoms. The Labute approximate surface area is 105 Å². The molecule has 0 saturated heterocycles. The lowest BCUT2D eigenvalue weighted by atomic mass is 10.1. The van der Waals surface area contributed by atoms with Gasteiger partial charge in [0.15, 0.2) is 5.16 Å². The van der Waals surface area contributed by atoms with Gasteiger partial charge in [0.25, 0.3) is 0 Å². The molecular weight excluding hydrogens is 232 g/mol. The molecule has 5 heteroatoms. The monoisotopic (exact) mass is 246 g/mol. The number of pyridine rings is 1. The summed E-state index contributed by atoms with van der Waals surface area (Å²) in [7, 11) is 0. The Bertz CT molecular complexity index is 458. The van der Waals surface area contributed by atoms with E-state index in [0.29, 0.717) is 0 Å². The van der Waals surface area contributed by atoms with Gasteiger partial charge in [-0.2, -0.15) is 0 Å². The zero-order valence-corrected chi connectivity index (χ0v) is 10.4. The van der Waals surface area contributed by atoms with Gasteiger partial charge in [0.1, 0.15) is 0 Å². The summed E-state index contributed by atoms with van der Waals surface area (Å²) in [6, 6.07) is 5.77. The van der Waals surface area contributed by atoms with E-state index in [2.05, 4.69) is 15.0 Å². The highest BCUT2D eigenvalue weighted by Crippen LogP contribution is 2.24. The van der Waals surface area contributed by atoms with Gasteiger partial charge in [-0.1, -0.05) is 6.92 Å². The highest BCUT2D eigenvalue weighted by Gasteiger charge is 2.05. The highest BCUT2D eigenvalue weighted by atomic mass is 32.2. The quantitative estimate of drug-likeness (QED) is 0.839. The second-order valence-corrected chi connectivity index (χ2v) is 4.61. The number of rotatable bonds is 4. The number of nitrogens with two attached hydrogens (primary N) is 1. The summed E-state index contributed by atoms with van der Waals surface area (Å²) < 4.78 is 0. The van der Waals surface area contributed by atoms with Crippen molar-refractivity contribution in [3.63, 3.8) is 0 Å². The van der Waals surface area contributed by atoms with Gasteiger partial charge in [-0.25, -0.2) is 9.97 Å². The Hall–Kier alpha value is -1.46. The standard InChI is InChI=1S/C12H14N4S/c1-2-10(13)11-5-4-9(8-16-11)17-12-14-6-3-7-15-12/h3-8,10H,2,13H2,1H3/t10-/m1/s1. The summed E-state index contributed by atoms with van der Waals surface area (Å²) in [5, 5.41) is 0.724. The van der Waals surface area contributed by atoms with Crippen LogP contribution < -0.4 is 5.73 Å². The smallest absolute Gasteiger partial charge is 0.192 e. The highest BCUT2D eigenvalue weighted by molar-refractivity contribution is 7.99. The maximum absolute atomic E-state index is 5.90. The van der Waals surface area contributed by atoms with Crippen LogP contribution in [0.2, 0.25) is 0 Å². The van der Waals surface area contributed by atoms with E-state index in [1.807, 2.05) is 25.3 Å². The lowest BCUT2D eigenvalue weighted by Gasteiger charge is -2.08. The first kappa shape index (κ1) is 12.0. The predicted octanol–water partition coefficient (Wildman–Crippen LogP) is 2.43. The molecule has 4 nitrogen and oxygen atoms in total. The van der Waals surface area contributed by atoms with E-state index in [4.69, 9.17) is 5.73 Å². The van der Waals surface area contributed by atoms with E-state index in [1.165, 1.54) is 11.8 Å². The van der Waals surface area contributed by atoms with Crippen molar-refractivity contribution in [2.75, 3.05) is 0 Å². The fourth-order valence-corrected chi connectivity index (χ4v) is 2.00. The molecule has 2 heterocycles. The van der Waals surface area contributed by atoms with E-state index in [9.17, 15) is 0 Å². The van der Waals surface area contributed by atoms with Crippen molar-refractivity contribution in [3.05, 3.63) is 42.5 Å². The van der Waals surface area contributed by atoms with Gasteiger partial charge >= 0.3 is 0 Å². The normalized spacial score (nSPS) is 12.4. The first-order valence-corrected chi connectivity index (χ1v) is 6.27. The molecule has 2 rings (SSSR count). The molecule has 2 N–H and O–H groups in total. The van der Waals surface area contributed by atoms with Crippen molar-refractivity contribution < 1.29 is 0 Å². The minimum atomic E-state index is 0.0158. The Kier molecular flexibility index (Phi) is 4.06. The van der Waals surface area contributed by atoms with Crippen molar-refractivity contribution >= 4 is 11.8 Å². The summed E-state index contributed by atoms with van der Waals surface area (Å²) in [4.78, 5) is 13.7. The number of nitrogens with zero attached hydrogens (tertiary/aromatic N) is 3. The van der Waals surface area contributed by atoms with Gasteiger partial charge < -0.3 is 5.73 Å². The second-order valence-electron chi connectivity index (χ2n) is 3.57. The molecule has 0 aliphatic rings. The Balaban J connectivity index is 2.08. The molecule has 2 aromatic heterocycles. The number of hydrogen-bond acceptors (Lipinski definition) is 5. The lowest BCUT2D eigenvalue weighted by molar-refractivity contribution is 0.674. The average molecular weight is 246 g/mol. The third-order valence-corrected chi connectivity index (χ3v) is 3.20. The molecule has 1 atom stereocenters. The number of hydrogen-bond donors (Lipinski definition) is 1. The minimum absolute atomic E-state index is 0.0158. The molecule has 0 spiro atoms. The minimum Gasteiger partial charge on any atom is -0.323 e. The SMILES string of the molecule is CC[C@@H](N)c1ccc(Sc2ncccn2)cn1. The van der Waals surface area contributed by atoms with Gasteiger partial charge in [0.05, 0.1) is 5.69 Å². The molecule has 0 unspecified atom stereocenters. The molecule has 0 amide bonds. The summed E-state index contributed by atoms with van der Waals surface area (Å²) in [5.74, 6) is 0. The average Bonchev–Trinajstić information content (AvgIpc) is 2.40. The first-order valence-electron chi connectivity index (χ1n) is 5.46. The van der Waals surface area contributed by atoms with Crippen molar-refractivity contribution in [2.45, 2.75) is 29.4 Å². The van der Waals surface area contributed by atoms with Gasteiger partial charge in [-0.3, -0.25) is 4.98 Å². The molecule has 0 bridgehead atoms. The van der Waals surface area contributed by atoms with E-state index in [1.54, 1.807) is 18.5 Å². The van der Waals surface area contributed by atoms with Crippen LogP contribution in [0.15, 0.2) is 46.8 Å². The van der Waals surface area contributed by atoms with Crippen LogP contribution in [0.1, 0.15) is 25.1 Å². The van der Waals surface area contributed by atoms with Crippen molar-refractivity contribution in [2.24, 2.45) is 5.73 Å². The van der Waals surface area contributed by atoms with Crippen LogP contribution in [0.25, 0.3) is 0 Å². The van der Waals surface area contributed by atoms with E-state index in [0.717, 1.165) is 22.2 Å². The van der Waals surface area contributed by atoms with Crippen LogP contribution in [0.4, 0.5) is 0 Å². The van der Waals surface area contributed by atoms with Crippen molar-refractivity contribution in [1.29, 1.82) is 0 Å². The predicted molar refractivity (Wildman–Crippen MR) is 67.6 cm³/mol. The Morgan fingerprint density at radius 3 is 2.59 bits per heavy atom. The van der Waals surface area contributed by atoms with Crippen LogP contribution in [0, 0.1) is 0 Å². The largest absolute Gasteiger partial charge is 0.323 e. The van der Waals surface area contributed by atoms with E-state index < -0.39 is 0 Å². The zero-order valence-electron chi connectivity index (χ0n) is 9.58. The van der Waals surface area contributed by atoms with E-state index in [-0.39, 0.29) is 6.04 Å². The van der Waals surface area contributed by atoms with Gasteiger partial charge in [-0.05, 0) is 36.4 Å². The second kappa shape index (κ2) is 5.75. The topological polar surface area (TPSA) is 64.7 Å². The molecule has 0 aromatic carbocycles. The Morgan fingerprint density at radius 2 is 2.00 bits per heavy atom. The van der Waals surface area contributed by atoms with Crippen LogP contribution in [0.5, 0.6) is 0 Å². The van der Waals surface area contributed by atoms with Crippen molar-refractivity contribution in [1.82, 2.24) is 15.0 Å². The Morgan fingerprint density at radius 1 is 1.24 bits per heavy atom.